The van der Waals surface area contributed by atoms with Crippen LogP contribution in [0.25, 0.3) is 5.69 Å². The molecule has 166 valence electrons. The summed E-state index contributed by atoms with van der Waals surface area (Å²) < 4.78 is 12.2. The van der Waals surface area contributed by atoms with Gasteiger partial charge in [0.15, 0.2) is 0 Å². The second-order valence-corrected chi connectivity index (χ2v) is 7.29. The second-order valence-electron chi connectivity index (χ2n) is 6.26. The molecule has 2 heterocycles. The van der Waals surface area contributed by atoms with Crippen molar-refractivity contribution in [3.63, 3.8) is 0 Å². The molecular weight excluding hydrogens is 412 g/mol. The summed E-state index contributed by atoms with van der Waals surface area (Å²) in [5, 5.41) is 3.81. The summed E-state index contributed by atoms with van der Waals surface area (Å²) in [6.07, 6.45) is 4.08. The summed E-state index contributed by atoms with van der Waals surface area (Å²) in [7, 11) is 3.51. The molecule has 1 aromatic carbocycles. The van der Waals surface area contributed by atoms with Gasteiger partial charge in [-0.3, -0.25) is 9.36 Å². The zero-order chi connectivity index (χ0) is 22.6. The van der Waals surface area contributed by atoms with Crippen molar-refractivity contribution in [1.82, 2.24) is 14.5 Å². The Hall–Kier alpha value is -2.84. The summed E-state index contributed by atoms with van der Waals surface area (Å²) >= 11 is 1.31. The maximum atomic E-state index is 13.1. The first kappa shape index (κ1) is 24.4. The molecule has 7 nitrogen and oxygen atoms in total. The van der Waals surface area contributed by atoms with Crippen LogP contribution in [0, 0.1) is 6.92 Å². The van der Waals surface area contributed by atoms with Crippen LogP contribution < -0.4 is 15.6 Å². The molecule has 0 fully saturated rings. The third-order valence-electron chi connectivity index (χ3n) is 4.22. The highest BCUT2D eigenvalue weighted by molar-refractivity contribution is 7.99. The normalized spacial score (nSPS) is 10.2. The van der Waals surface area contributed by atoms with Crippen LogP contribution in [0.3, 0.4) is 0 Å². The molecule has 8 heteroatoms. The van der Waals surface area contributed by atoms with Gasteiger partial charge in [-0.1, -0.05) is 25.6 Å². The minimum atomic E-state index is -0.132. The lowest BCUT2D eigenvalue weighted by Gasteiger charge is -2.11. The highest BCUT2D eigenvalue weighted by Crippen LogP contribution is 2.27. The van der Waals surface area contributed by atoms with E-state index in [4.69, 9.17) is 9.47 Å². The van der Waals surface area contributed by atoms with E-state index in [1.807, 2.05) is 64.2 Å². The van der Waals surface area contributed by atoms with Gasteiger partial charge in [0.05, 0.1) is 18.0 Å². The van der Waals surface area contributed by atoms with Gasteiger partial charge in [0.25, 0.3) is 5.56 Å². The molecular formula is C23H30N4O3S. The first-order chi connectivity index (χ1) is 15.1. The average molecular weight is 443 g/mol. The van der Waals surface area contributed by atoms with Gasteiger partial charge in [0.2, 0.25) is 0 Å². The van der Waals surface area contributed by atoms with Crippen LogP contribution in [0.4, 0.5) is 5.69 Å². The van der Waals surface area contributed by atoms with Crippen molar-refractivity contribution in [2.24, 2.45) is 0 Å². The van der Waals surface area contributed by atoms with Gasteiger partial charge in [0.1, 0.15) is 22.0 Å². The Morgan fingerprint density at radius 1 is 1.10 bits per heavy atom. The summed E-state index contributed by atoms with van der Waals surface area (Å²) in [6.45, 7) is 7.07. The number of anilines is 1. The van der Waals surface area contributed by atoms with E-state index in [1.165, 1.54) is 16.3 Å². The first-order valence-corrected chi connectivity index (χ1v) is 11.1. The highest BCUT2D eigenvalue weighted by atomic mass is 32.2. The van der Waals surface area contributed by atoms with Crippen molar-refractivity contribution < 1.29 is 9.47 Å². The number of methoxy groups -OCH3 is 1. The van der Waals surface area contributed by atoms with Gasteiger partial charge < -0.3 is 14.8 Å². The molecule has 0 aliphatic heterocycles. The molecule has 2 aromatic heterocycles. The Balaban J connectivity index is 0.00000166. The van der Waals surface area contributed by atoms with Crippen molar-refractivity contribution >= 4 is 17.4 Å². The number of pyridine rings is 1. The van der Waals surface area contributed by atoms with Crippen molar-refractivity contribution in [2.45, 2.75) is 37.1 Å². The van der Waals surface area contributed by atoms with E-state index in [1.54, 1.807) is 19.6 Å². The molecule has 0 radical (unpaired) electrons. The summed E-state index contributed by atoms with van der Waals surface area (Å²) in [4.78, 5) is 22.4. The lowest BCUT2D eigenvalue weighted by atomic mass is 10.3. The zero-order valence-electron chi connectivity index (χ0n) is 18.7. The second kappa shape index (κ2) is 12.8. The lowest BCUT2D eigenvalue weighted by molar-refractivity contribution is 0.172. The summed E-state index contributed by atoms with van der Waals surface area (Å²) in [5.41, 5.74) is 2.20. The van der Waals surface area contributed by atoms with Crippen LogP contribution in [-0.2, 0) is 4.74 Å². The van der Waals surface area contributed by atoms with E-state index >= 15 is 0 Å². The number of rotatable bonds is 9. The van der Waals surface area contributed by atoms with Gasteiger partial charge >= 0.3 is 0 Å². The minimum absolute atomic E-state index is 0.132. The van der Waals surface area contributed by atoms with Crippen LogP contribution >= 0.6 is 11.8 Å². The number of hydrogen-bond donors (Lipinski definition) is 1. The van der Waals surface area contributed by atoms with E-state index in [-0.39, 0.29) is 5.56 Å². The number of ether oxygens (including phenoxy) is 2. The molecule has 0 saturated heterocycles. The van der Waals surface area contributed by atoms with Crippen LogP contribution in [-0.4, -0.2) is 41.9 Å². The third-order valence-corrected chi connectivity index (χ3v) is 5.32. The van der Waals surface area contributed by atoms with Crippen LogP contribution in [0.5, 0.6) is 5.75 Å². The fourth-order valence-corrected chi connectivity index (χ4v) is 3.54. The average Bonchev–Trinajstić information content (AvgIpc) is 2.81. The fourth-order valence-electron chi connectivity index (χ4n) is 2.64. The van der Waals surface area contributed by atoms with Gasteiger partial charge in [0, 0.05) is 39.1 Å². The molecule has 3 rings (SSSR count). The molecule has 0 amide bonds. The molecule has 0 aliphatic carbocycles. The Morgan fingerprint density at radius 3 is 2.52 bits per heavy atom. The zero-order valence-corrected chi connectivity index (χ0v) is 19.5. The highest BCUT2D eigenvalue weighted by Gasteiger charge is 2.13. The standard InChI is InChI=1S/C21H24N4O3S.C2H6/c1-15-20(29-19-13-16(22-2)9-10-23-19)21(26)25(14-24-15)17-5-7-18(8-6-17)28-12-4-11-27-3;1-2/h5-10,13-14H,4,11-12H2,1-3H3,(H,22,23);1-2H3. The number of aryl methyl sites for hydroxylation is 1. The number of nitrogens with zero attached hydrogens (tertiary/aromatic N) is 3. The SMILES string of the molecule is CC.CNc1ccnc(Sc2c(C)ncn(-c3ccc(OCCCOC)cc3)c2=O)c1. The number of aromatic nitrogens is 3. The van der Waals surface area contributed by atoms with Crippen molar-refractivity contribution in [1.29, 1.82) is 0 Å². The van der Waals surface area contributed by atoms with Gasteiger partial charge in [-0.05, 0) is 43.3 Å². The molecule has 0 bridgehead atoms. The lowest BCUT2D eigenvalue weighted by Crippen LogP contribution is -2.21. The molecule has 0 atom stereocenters. The third kappa shape index (κ3) is 6.83. The van der Waals surface area contributed by atoms with E-state index in [0.717, 1.165) is 28.6 Å². The van der Waals surface area contributed by atoms with E-state index in [0.29, 0.717) is 23.8 Å². The maximum Gasteiger partial charge on any atom is 0.272 e. The van der Waals surface area contributed by atoms with Crippen LogP contribution in [0.1, 0.15) is 26.0 Å². The Morgan fingerprint density at radius 2 is 1.84 bits per heavy atom. The monoisotopic (exact) mass is 442 g/mol. The predicted octanol–water partition coefficient (Wildman–Crippen LogP) is 4.57. The molecule has 0 saturated carbocycles. The molecule has 1 N–H and O–H groups in total. The number of hydrogen-bond acceptors (Lipinski definition) is 7. The van der Waals surface area contributed by atoms with Crippen molar-refractivity contribution in [2.75, 3.05) is 32.7 Å². The Bertz CT molecular complexity index is 1010. The molecule has 0 spiro atoms. The smallest absolute Gasteiger partial charge is 0.272 e. The van der Waals surface area contributed by atoms with E-state index in [2.05, 4.69) is 15.3 Å². The maximum absolute atomic E-state index is 13.1. The van der Waals surface area contributed by atoms with E-state index in [9.17, 15) is 4.79 Å². The minimum Gasteiger partial charge on any atom is -0.494 e. The summed E-state index contributed by atoms with van der Waals surface area (Å²) in [6, 6.07) is 11.2. The Labute approximate surface area is 187 Å². The van der Waals surface area contributed by atoms with Gasteiger partial charge in [-0.15, -0.1) is 0 Å². The van der Waals surface area contributed by atoms with Crippen LogP contribution in [0.15, 0.2) is 63.6 Å². The van der Waals surface area contributed by atoms with Gasteiger partial charge in [-0.2, -0.15) is 0 Å². The molecule has 31 heavy (non-hydrogen) atoms. The molecule has 3 aromatic rings. The first-order valence-electron chi connectivity index (χ1n) is 10.2. The predicted molar refractivity (Wildman–Crippen MR) is 126 cm³/mol. The number of nitrogens with one attached hydrogen (secondary N) is 1. The summed E-state index contributed by atoms with van der Waals surface area (Å²) in [5.74, 6) is 0.751. The largest absolute Gasteiger partial charge is 0.494 e. The number of benzene rings is 1. The van der Waals surface area contributed by atoms with Crippen LogP contribution in [0.2, 0.25) is 0 Å². The fraction of sp³-hybridized carbons (Fsp3) is 0.348. The molecule has 0 unspecified atom stereocenters. The molecule has 0 aliphatic rings. The quantitative estimate of drug-likeness (QED) is 0.486. The Kier molecular flexibility index (Phi) is 10.1. The van der Waals surface area contributed by atoms with Crippen molar-refractivity contribution in [3.05, 3.63) is 65.0 Å². The van der Waals surface area contributed by atoms with E-state index < -0.39 is 0 Å². The van der Waals surface area contributed by atoms with Gasteiger partial charge in [-0.25, -0.2) is 9.97 Å². The topological polar surface area (TPSA) is 78.3 Å². The van der Waals surface area contributed by atoms with Crippen molar-refractivity contribution in [3.8, 4) is 11.4 Å².